The van der Waals surface area contributed by atoms with E-state index in [0.29, 0.717) is 0 Å². The molecule has 144 heavy (non-hydrogen) atoms. The van der Waals surface area contributed by atoms with E-state index in [1.54, 1.807) is 0 Å². The van der Waals surface area contributed by atoms with Crippen molar-refractivity contribution < 1.29 is 9.47 Å². The molecule has 4 nitrogen and oxygen atoms in total. The summed E-state index contributed by atoms with van der Waals surface area (Å²) in [6, 6.07) is 191. The number of hydrogen-bond acceptors (Lipinski definition) is 4. The van der Waals surface area contributed by atoms with Crippen LogP contribution in [0.3, 0.4) is 0 Å². The molecule has 22 aromatic carbocycles. The van der Waals surface area contributed by atoms with Crippen LogP contribution in [-0.2, 0) is 21.7 Å². The SMILES string of the molecule is CC1(C)c2ccccc2Oc2ccc(-c3ccc(N(c4ccc(-c5ccc6c(c5)C(C)(C)c5cc(-c7cccc8ccccc78)ccc5-6)cc4)c4ccc(-c5ccccc5-c5ccccc5)cc4)cc3)cc21.CC1(C)c2ccccc2Oc2ccc(-c3ccc(N(c4ccc(-c5ccc6c(c5)C(c5ccccc5)(c5ccccc5)c5ccccc5-6)cc4)c4ccc(-c5ccccc5-c5ccccc5)cc4)cc3)cc21. The number of fused-ring (bicyclic) bond motifs is 11. The van der Waals surface area contributed by atoms with E-state index in [0.717, 1.165) is 79.4 Å². The van der Waals surface area contributed by atoms with Crippen molar-refractivity contribution in [1.29, 1.82) is 0 Å². The van der Waals surface area contributed by atoms with Crippen LogP contribution in [0, 0.1) is 0 Å². The summed E-state index contributed by atoms with van der Waals surface area (Å²) in [6.45, 7) is 13.9. The van der Waals surface area contributed by atoms with Crippen molar-refractivity contribution in [2.75, 3.05) is 9.80 Å². The van der Waals surface area contributed by atoms with Gasteiger partial charge in [-0.25, -0.2) is 0 Å². The number of benzene rings is 22. The minimum Gasteiger partial charge on any atom is -0.457 e. The first kappa shape index (κ1) is 87.8. The molecular weight excluding hydrogens is 1740 g/mol. The summed E-state index contributed by atoms with van der Waals surface area (Å²) >= 11 is 0. The van der Waals surface area contributed by atoms with E-state index in [-0.39, 0.29) is 16.2 Å². The molecule has 0 amide bonds. The molecule has 0 atom stereocenters. The lowest BCUT2D eigenvalue weighted by atomic mass is 9.67. The van der Waals surface area contributed by atoms with Crippen molar-refractivity contribution in [1.82, 2.24) is 0 Å². The third-order valence-electron chi connectivity index (χ3n) is 30.8. The number of nitrogens with zero attached hydrogens (tertiary/aromatic N) is 2. The largest absolute Gasteiger partial charge is 0.457 e. The summed E-state index contributed by atoms with van der Waals surface area (Å²) in [6.07, 6.45) is 0. The van der Waals surface area contributed by atoms with Crippen LogP contribution in [-0.4, -0.2) is 0 Å². The maximum absolute atomic E-state index is 6.43. The van der Waals surface area contributed by atoms with Crippen LogP contribution in [0.25, 0.3) is 133 Å². The van der Waals surface area contributed by atoms with E-state index in [1.165, 1.54) is 167 Å². The fourth-order valence-electron chi connectivity index (χ4n) is 23.3. The maximum Gasteiger partial charge on any atom is 0.131 e. The van der Waals surface area contributed by atoms with E-state index in [4.69, 9.17) is 9.47 Å². The van der Waals surface area contributed by atoms with Gasteiger partial charge in [-0.05, 0) is 294 Å². The highest BCUT2D eigenvalue weighted by Crippen LogP contribution is 2.59. The molecule has 0 radical (unpaired) electrons. The molecule has 0 fully saturated rings. The first-order valence-corrected chi connectivity index (χ1v) is 50.1. The fourth-order valence-corrected chi connectivity index (χ4v) is 23.3. The first-order valence-electron chi connectivity index (χ1n) is 50.1. The zero-order valence-corrected chi connectivity index (χ0v) is 81.4. The molecule has 4 heteroatoms. The summed E-state index contributed by atoms with van der Waals surface area (Å²) in [5, 5.41) is 2.55. The highest BCUT2D eigenvalue weighted by atomic mass is 16.5. The zero-order valence-electron chi connectivity index (χ0n) is 81.4. The summed E-state index contributed by atoms with van der Waals surface area (Å²) in [7, 11) is 0. The van der Waals surface area contributed by atoms with Gasteiger partial charge in [0.1, 0.15) is 23.0 Å². The molecule has 0 saturated carbocycles. The van der Waals surface area contributed by atoms with Gasteiger partial charge in [0.15, 0.2) is 0 Å². The normalized spacial score (nSPS) is 13.5. The predicted octanol–water partition coefficient (Wildman–Crippen LogP) is 38.0. The Kier molecular flexibility index (Phi) is 21.9. The van der Waals surface area contributed by atoms with Crippen LogP contribution in [0.5, 0.6) is 23.0 Å². The average molecular weight is 1850 g/mol. The van der Waals surface area contributed by atoms with E-state index in [9.17, 15) is 0 Å². The first-order chi connectivity index (χ1) is 70.6. The molecule has 686 valence electrons. The molecule has 0 N–H and O–H groups in total. The molecule has 0 spiro atoms. The number of rotatable bonds is 17. The minimum atomic E-state index is -0.463. The molecule has 2 aliphatic carbocycles. The third-order valence-corrected chi connectivity index (χ3v) is 30.8. The highest BCUT2D eigenvalue weighted by Gasteiger charge is 2.47. The van der Waals surface area contributed by atoms with Gasteiger partial charge in [0, 0.05) is 72.6 Å². The summed E-state index contributed by atoms with van der Waals surface area (Å²) in [5.41, 5.74) is 44.9. The van der Waals surface area contributed by atoms with Crippen LogP contribution in [0.1, 0.15) is 97.2 Å². The molecule has 26 rings (SSSR count). The van der Waals surface area contributed by atoms with Crippen molar-refractivity contribution >= 4 is 44.9 Å². The monoisotopic (exact) mass is 1840 g/mol. The second kappa shape index (κ2) is 35.9. The van der Waals surface area contributed by atoms with Gasteiger partial charge >= 0.3 is 0 Å². The average Bonchev–Trinajstić information content (AvgIpc) is 1.53. The zero-order chi connectivity index (χ0) is 96.8. The maximum atomic E-state index is 6.43. The Morgan fingerprint density at radius 1 is 0.153 bits per heavy atom. The van der Waals surface area contributed by atoms with E-state index in [1.807, 2.05) is 12.1 Å². The van der Waals surface area contributed by atoms with Crippen molar-refractivity contribution in [3.05, 3.63) is 577 Å². The summed E-state index contributed by atoms with van der Waals surface area (Å²) in [5.74, 6) is 3.70. The number of para-hydroxylation sites is 2. The lowest BCUT2D eigenvalue weighted by Crippen LogP contribution is -2.28. The van der Waals surface area contributed by atoms with E-state index >= 15 is 0 Å². The lowest BCUT2D eigenvalue weighted by Gasteiger charge is -2.34. The van der Waals surface area contributed by atoms with Gasteiger partial charge in [-0.15, -0.1) is 0 Å². The number of anilines is 6. The van der Waals surface area contributed by atoms with Crippen molar-refractivity contribution in [3.8, 4) is 145 Å². The van der Waals surface area contributed by atoms with Crippen LogP contribution in [0.15, 0.2) is 522 Å². The Morgan fingerprint density at radius 2 is 0.403 bits per heavy atom. The predicted molar refractivity (Wildman–Crippen MR) is 601 cm³/mol. The molecule has 4 aliphatic rings. The van der Waals surface area contributed by atoms with Gasteiger partial charge in [-0.3, -0.25) is 0 Å². The Bertz CT molecular complexity index is 8600. The molecule has 0 bridgehead atoms. The van der Waals surface area contributed by atoms with Gasteiger partial charge in [0.05, 0.1) is 5.41 Å². The molecule has 2 heterocycles. The van der Waals surface area contributed by atoms with Crippen LogP contribution >= 0.6 is 0 Å². The molecule has 2 aliphatic heterocycles. The van der Waals surface area contributed by atoms with E-state index < -0.39 is 5.41 Å². The second-order valence-corrected chi connectivity index (χ2v) is 40.1. The molecular formula is C140H104N2O2. The van der Waals surface area contributed by atoms with E-state index in [2.05, 4.69) is 561 Å². The van der Waals surface area contributed by atoms with Crippen LogP contribution < -0.4 is 19.3 Å². The lowest BCUT2D eigenvalue weighted by molar-refractivity contribution is 0.418. The van der Waals surface area contributed by atoms with Crippen LogP contribution in [0.4, 0.5) is 34.1 Å². The molecule has 0 aromatic heterocycles. The summed E-state index contributed by atoms with van der Waals surface area (Å²) in [4.78, 5) is 4.74. The smallest absolute Gasteiger partial charge is 0.131 e. The minimum absolute atomic E-state index is 0.160. The quantitative estimate of drug-likeness (QED) is 0.0907. The Hall–Kier alpha value is -17.7. The Morgan fingerprint density at radius 3 is 0.806 bits per heavy atom. The van der Waals surface area contributed by atoms with Gasteiger partial charge in [-0.2, -0.15) is 0 Å². The summed E-state index contributed by atoms with van der Waals surface area (Å²) < 4.78 is 12.8. The molecule has 0 saturated heterocycles. The number of ether oxygens (including phenoxy) is 2. The van der Waals surface area contributed by atoms with Crippen molar-refractivity contribution in [2.45, 2.75) is 63.2 Å². The highest BCUT2D eigenvalue weighted by molar-refractivity contribution is 5.99. The Balaban J connectivity index is 0.000000151. The second-order valence-electron chi connectivity index (χ2n) is 40.1. The molecule has 22 aromatic rings. The van der Waals surface area contributed by atoms with Gasteiger partial charge < -0.3 is 19.3 Å². The Labute approximate surface area is 844 Å². The standard InChI is InChI=1S/C70H53NO.C70H51NO/c1-69(2)63-23-12-13-24-67(63)72-68-42-33-52(44-66(68)69)47-27-36-55(37-28-47)71(56-38-29-50(30-39-56)59-21-11-10-20-57(59)48-15-6-5-7-16-48)54-34-25-46(26-35-54)51-31-40-61-62-41-32-53(45-65(62)70(3,4)64(61)43-51)60-22-14-18-49-17-8-9-19-58(49)60;1-69(2)64-28-16-17-29-67(64)72-68-45-37-53(47-66(68)69)49-32-40-57(41-33-49)71(58-42-34-51(35-43-58)60-25-13-12-24-59(60)50-18-6-3-7-19-50)56-38-30-48(31-39-56)52-36-44-62-61-26-14-15-27-63(61)70(65(62)46-52,54-20-8-4-9-21-54)55-22-10-5-11-23-55/h5-45H,1-4H3;3-47H,1-2H3. The topological polar surface area (TPSA) is 24.9 Å². The number of hydrogen-bond donors (Lipinski definition) is 0. The van der Waals surface area contributed by atoms with Gasteiger partial charge in [0.25, 0.3) is 0 Å². The molecule has 0 unspecified atom stereocenters. The third kappa shape index (κ3) is 15.3. The van der Waals surface area contributed by atoms with Crippen molar-refractivity contribution in [3.63, 3.8) is 0 Å². The fraction of sp³-hybridized carbons (Fsp3) is 0.0714. The van der Waals surface area contributed by atoms with Crippen molar-refractivity contribution in [2.24, 2.45) is 0 Å². The van der Waals surface area contributed by atoms with Gasteiger partial charge in [-0.1, -0.05) is 436 Å². The van der Waals surface area contributed by atoms with Gasteiger partial charge in [0.2, 0.25) is 0 Å². The van der Waals surface area contributed by atoms with Crippen LogP contribution in [0.2, 0.25) is 0 Å².